The van der Waals surface area contributed by atoms with Crippen LogP contribution in [0.15, 0.2) is 54.9 Å². The fraction of sp³-hybridized carbons (Fsp3) is 0. The van der Waals surface area contributed by atoms with Crippen LogP contribution in [0.25, 0.3) is 0 Å². The van der Waals surface area contributed by atoms with Gasteiger partial charge in [0.15, 0.2) is 0 Å². The zero-order valence-electron chi connectivity index (χ0n) is 12.6. The van der Waals surface area contributed by atoms with E-state index in [-0.39, 0.29) is 5.69 Å². The average Bonchev–Trinajstić information content (AvgIpc) is 2.59. The highest BCUT2D eigenvalue weighted by molar-refractivity contribution is 6.35. The number of hydrogen-bond donors (Lipinski definition) is 2. The van der Waals surface area contributed by atoms with Crippen molar-refractivity contribution >= 4 is 46.3 Å². The Balaban J connectivity index is 1.71. The summed E-state index contributed by atoms with van der Waals surface area (Å²) in [6.45, 7) is 0. The molecule has 0 fully saturated rings. The van der Waals surface area contributed by atoms with E-state index in [1.54, 1.807) is 24.3 Å². The Morgan fingerprint density at radius 3 is 2.60 bits per heavy atom. The summed E-state index contributed by atoms with van der Waals surface area (Å²) in [7, 11) is 0. The zero-order valence-corrected chi connectivity index (χ0v) is 14.1. The first-order valence-corrected chi connectivity index (χ1v) is 7.88. The molecule has 0 bridgehead atoms. The number of halogens is 3. The quantitative estimate of drug-likeness (QED) is 0.678. The molecule has 0 unspecified atom stereocenters. The Hall–Kier alpha value is -2.70. The van der Waals surface area contributed by atoms with Gasteiger partial charge < -0.3 is 10.6 Å². The van der Waals surface area contributed by atoms with Crippen LogP contribution in [0, 0.1) is 5.82 Å². The molecule has 0 atom stereocenters. The van der Waals surface area contributed by atoms with Crippen LogP contribution in [-0.2, 0) is 0 Å². The number of carbonyl (C=O) groups is 1. The number of hydrogen-bond acceptors (Lipinski definition) is 4. The summed E-state index contributed by atoms with van der Waals surface area (Å²) >= 11 is 12.0. The number of benzene rings is 2. The molecule has 25 heavy (non-hydrogen) atoms. The van der Waals surface area contributed by atoms with Gasteiger partial charge in [-0.25, -0.2) is 14.4 Å². The fourth-order valence-electron chi connectivity index (χ4n) is 2.00. The van der Waals surface area contributed by atoms with Crippen molar-refractivity contribution in [2.24, 2.45) is 0 Å². The molecule has 2 N–H and O–H groups in total. The molecule has 0 aliphatic heterocycles. The summed E-state index contributed by atoms with van der Waals surface area (Å²) in [5.74, 6) is -0.543. The second kappa shape index (κ2) is 7.46. The Bertz CT molecular complexity index is 919. The van der Waals surface area contributed by atoms with Crippen LogP contribution in [0.4, 0.5) is 21.6 Å². The minimum atomic E-state index is -0.495. The number of nitrogens with one attached hydrogen (secondary N) is 2. The highest BCUT2D eigenvalue weighted by atomic mass is 35.5. The van der Waals surface area contributed by atoms with Crippen molar-refractivity contribution in [1.82, 2.24) is 9.97 Å². The molecule has 0 aliphatic carbocycles. The molecule has 0 saturated heterocycles. The first kappa shape index (κ1) is 17.1. The lowest BCUT2D eigenvalue weighted by Gasteiger charge is -2.08. The zero-order chi connectivity index (χ0) is 17.8. The molecule has 0 saturated carbocycles. The predicted octanol–water partition coefficient (Wildman–Crippen LogP) is 4.92. The molecule has 5 nitrogen and oxygen atoms in total. The number of carbonyl (C=O) groups excluding carboxylic acids is 1. The molecule has 3 rings (SSSR count). The van der Waals surface area contributed by atoms with E-state index in [4.69, 9.17) is 23.2 Å². The van der Waals surface area contributed by atoms with Crippen LogP contribution in [-0.4, -0.2) is 15.9 Å². The Labute approximate surface area is 152 Å². The lowest BCUT2D eigenvalue weighted by molar-refractivity contribution is 0.102. The third-order valence-corrected chi connectivity index (χ3v) is 3.72. The van der Waals surface area contributed by atoms with Crippen LogP contribution in [0.3, 0.4) is 0 Å². The van der Waals surface area contributed by atoms with Gasteiger partial charge in [0.1, 0.15) is 17.3 Å². The normalized spacial score (nSPS) is 10.4. The van der Waals surface area contributed by atoms with Crippen molar-refractivity contribution in [3.8, 4) is 0 Å². The SMILES string of the molecule is O=C(Nc1cccc(F)c1)c1cnc(Nc2cc(Cl)ccc2Cl)cn1. The summed E-state index contributed by atoms with van der Waals surface area (Å²) in [5.41, 5.74) is 0.993. The van der Waals surface area contributed by atoms with Gasteiger partial charge in [-0.15, -0.1) is 0 Å². The molecule has 1 heterocycles. The molecule has 1 aromatic heterocycles. The second-order valence-electron chi connectivity index (χ2n) is 5.00. The number of rotatable bonds is 4. The van der Waals surface area contributed by atoms with E-state index in [9.17, 15) is 9.18 Å². The van der Waals surface area contributed by atoms with E-state index >= 15 is 0 Å². The molecule has 0 radical (unpaired) electrons. The maximum Gasteiger partial charge on any atom is 0.275 e. The van der Waals surface area contributed by atoms with Crippen LogP contribution < -0.4 is 10.6 Å². The fourth-order valence-corrected chi connectivity index (χ4v) is 2.34. The van der Waals surface area contributed by atoms with Gasteiger partial charge in [-0.2, -0.15) is 0 Å². The molecule has 1 amide bonds. The van der Waals surface area contributed by atoms with Crippen molar-refractivity contribution in [2.45, 2.75) is 0 Å². The summed E-state index contributed by atoms with van der Waals surface area (Å²) in [6.07, 6.45) is 2.69. The summed E-state index contributed by atoms with van der Waals surface area (Å²) in [4.78, 5) is 20.3. The Morgan fingerprint density at radius 1 is 1.04 bits per heavy atom. The summed E-state index contributed by atoms with van der Waals surface area (Å²) < 4.78 is 13.1. The Kier molecular flexibility index (Phi) is 5.11. The molecular formula is C17H11Cl2FN4O. The van der Waals surface area contributed by atoms with Gasteiger partial charge >= 0.3 is 0 Å². The maximum absolute atomic E-state index is 13.1. The average molecular weight is 377 g/mol. The number of amides is 1. The smallest absolute Gasteiger partial charge is 0.275 e. The molecule has 3 aromatic rings. The van der Waals surface area contributed by atoms with E-state index in [1.807, 2.05) is 0 Å². The van der Waals surface area contributed by atoms with E-state index in [0.717, 1.165) is 0 Å². The third kappa shape index (κ3) is 4.43. The highest BCUT2D eigenvalue weighted by Crippen LogP contribution is 2.27. The second-order valence-corrected chi connectivity index (χ2v) is 5.84. The van der Waals surface area contributed by atoms with Gasteiger partial charge in [0.05, 0.1) is 23.1 Å². The minimum Gasteiger partial charge on any atom is -0.338 e. The van der Waals surface area contributed by atoms with E-state index in [0.29, 0.717) is 27.2 Å². The molecule has 0 spiro atoms. The van der Waals surface area contributed by atoms with Gasteiger partial charge in [-0.3, -0.25) is 4.79 Å². The van der Waals surface area contributed by atoms with Gasteiger partial charge in [0, 0.05) is 10.7 Å². The summed E-state index contributed by atoms with van der Waals surface area (Å²) in [6, 6.07) is 10.5. The van der Waals surface area contributed by atoms with Crippen molar-refractivity contribution < 1.29 is 9.18 Å². The molecular weight excluding hydrogens is 366 g/mol. The monoisotopic (exact) mass is 376 g/mol. The van der Waals surface area contributed by atoms with Gasteiger partial charge in [0.25, 0.3) is 5.91 Å². The first-order chi connectivity index (χ1) is 12.0. The van der Waals surface area contributed by atoms with Crippen molar-refractivity contribution in [2.75, 3.05) is 10.6 Å². The first-order valence-electron chi connectivity index (χ1n) is 7.12. The van der Waals surface area contributed by atoms with Crippen molar-refractivity contribution in [3.05, 3.63) is 76.4 Å². The topological polar surface area (TPSA) is 66.9 Å². The van der Waals surface area contributed by atoms with Crippen LogP contribution in [0.1, 0.15) is 10.5 Å². The Morgan fingerprint density at radius 2 is 1.88 bits per heavy atom. The number of anilines is 3. The van der Waals surface area contributed by atoms with Crippen LogP contribution in [0.5, 0.6) is 0 Å². The van der Waals surface area contributed by atoms with Gasteiger partial charge in [-0.1, -0.05) is 29.3 Å². The maximum atomic E-state index is 13.1. The predicted molar refractivity (Wildman–Crippen MR) is 96.1 cm³/mol. The standard InChI is InChI=1S/C17H11Cl2FN4O/c18-10-4-5-13(19)14(6-10)24-16-9-21-15(8-22-16)17(25)23-12-3-1-2-11(20)7-12/h1-9H,(H,22,24)(H,23,25). The summed E-state index contributed by atoms with van der Waals surface area (Å²) in [5, 5.41) is 6.50. The van der Waals surface area contributed by atoms with Crippen LogP contribution in [0.2, 0.25) is 10.0 Å². The molecule has 8 heteroatoms. The third-order valence-electron chi connectivity index (χ3n) is 3.16. The van der Waals surface area contributed by atoms with Crippen LogP contribution >= 0.6 is 23.2 Å². The molecule has 0 aliphatic rings. The lowest BCUT2D eigenvalue weighted by atomic mass is 10.3. The van der Waals surface area contributed by atoms with Gasteiger partial charge in [0.2, 0.25) is 0 Å². The number of aromatic nitrogens is 2. The van der Waals surface area contributed by atoms with Crippen molar-refractivity contribution in [1.29, 1.82) is 0 Å². The largest absolute Gasteiger partial charge is 0.338 e. The molecule has 2 aromatic carbocycles. The molecule has 126 valence electrons. The number of nitrogens with zero attached hydrogens (tertiary/aromatic N) is 2. The minimum absolute atomic E-state index is 0.0898. The van der Waals surface area contributed by atoms with E-state index < -0.39 is 11.7 Å². The van der Waals surface area contributed by atoms with Crippen molar-refractivity contribution in [3.63, 3.8) is 0 Å². The van der Waals surface area contributed by atoms with E-state index in [2.05, 4.69) is 20.6 Å². The van der Waals surface area contributed by atoms with Gasteiger partial charge in [-0.05, 0) is 36.4 Å². The van der Waals surface area contributed by atoms with E-state index in [1.165, 1.54) is 30.6 Å². The lowest BCUT2D eigenvalue weighted by Crippen LogP contribution is -2.14. The highest BCUT2D eigenvalue weighted by Gasteiger charge is 2.10.